The molecule has 0 aliphatic heterocycles. The van der Waals surface area contributed by atoms with Crippen LogP contribution < -0.4 is 14.2 Å². The lowest BCUT2D eigenvalue weighted by Gasteiger charge is -2.11. The summed E-state index contributed by atoms with van der Waals surface area (Å²) in [7, 11) is -2.38. The van der Waals surface area contributed by atoms with Crippen LogP contribution in [0.1, 0.15) is 17.3 Å². The minimum atomic E-state index is -3.78. The number of carboxylic acid groups (broad SMARTS) is 1. The fraction of sp³-hybridized carbons (Fsp3) is 0.300. The van der Waals surface area contributed by atoms with Crippen molar-refractivity contribution in [2.24, 2.45) is 0 Å². The van der Waals surface area contributed by atoms with Crippen molar-refractivity contribution in [2.75, 3.05) is 18.4 Å². The highest BCUT2D eigenvalue weighted by molar-refractivity contribution is 7.90. The van der Waals surface area contributed by atoms with Crippen molar-refractivity contribution in [3.8, 4) is 5.75 Å². The van der Waals surface area contributed by atoms with Crippen molar-refractivity contribution >= 4 is 21.9 Å². The number of nitrogens with one attached hydrogen (secondary N) is 2. The Bertz CT molecular complexity index is 541. The van der Waals surface area contributed by atoms with Gasteiger partial charge in [-0.2, -0.15) is 13.1 Å². The second kappa shape index (κ2) is 5.69. The smallest absolute Gasteiger partial charge is 0.337 e. The van der Waals surface area contributed by atoms with Gasteiger partial charge in [-0.25, -0.2) is 4.79 Å². The van der Waals surface area contributed by atoms with Crippen LogP contribution in [0.25, 0.3) is 0 Å². The maximum Gasteiger partial charge on any atom is 0.337 e. The Balaban J connectivity index is 3.16. The van der Waals surface area contributed by atoms with Crippen LogP contribution in [-0.4, -0.2) is 33.1 Å². The first kappa shape index (κ1) is 14.3. The molecule has 0 bridgehead atoms. The summed E-state index contributed by atoms with van der Waals surface area (Å²) in [5.74, 6) is -0.874. The summed E-state index contributed by atoms with van der Waals surface area (Å²) in [6.07, 6.45) is 0. The molecule has 7 nitrogen and oxygen atoms in total. The molecule has 0 aliphatic rings. The van der Waals surface area contributed by atoms with Crippen LogP contribution >= 0.6 is 0 Å². The van der Waals surface area contributed by atoms with Crippen LogP contribution in [0, 0.1) is 0 Å². The predicted octanol–water partition coefficient (Wildman–Crippen LogP) is 0.660. The lowest BCUT2D eigenvalue weighted by atomic mass is 10.2. The number of carbonyl (C=O) groups is 1. The van der Waals surface area contributed by atoms with Gasteiger partial charge < -0.3 is 9.84 Å². The molecule has 0 fully saturated rings. The van der Waals surface area contributed by atoms with Crippen LogP contribution in [-0.2, 0) is 10.2 Å². The summed E-state index contributed by atoms with van der Waals surface area (Å²) >= 11 is 0. The maximum atomic E-state index is 11.5. The zero-order chi connectivity index (χ0) is 13.8. The number of methoxy groups -OCH3 is 1. The maximum absolute atomic E-state index is 11.5. The summed E-state index contributed by atoms with van der Waals surface area (Å²) in [4.78, 5) is 11.0. The fourth-order valence-corrected chi connectivity index (χ4v) is 2.20. The molecule has 0 unspecified atom stereocenters. The Morgan fingerprint density at radius 3 is 2.61 bits per heavy atom. The molecule has 0 atom stereocenters. The molecule has 18 heavy (non-hydrogen) atoms. The standard InChI is InChI=1S/C10H14N2O5S/c1-3-11-18(15,16)12-9-6-7(17-2)4-5-8(9)10(13)14/h4-6,11-12H,3H2,1-2H3,(H,13,14). The molecule has 0 spiro atoms. The molecule has 0 amide bonds. The average Bonchev–Trinajstić information content (AvgIpc) is 2.27. The Morgan fingerprint density at radius 2 is 2.11 bits per heavy atom. The average molecular weight is 274 g/mol. The van der Waals surface area contributed by atoms with Crippen LogP contribution in [0.2, 0.25) is 0 Å². The normalized spacial score (nSPS) is 11.0. The number of hydrogen-bond donors (Lipinski definition) is 3. The van der Waals surface area contributed by atoms with E-state index in [-0.39, 0.29) is 17.8 Å². The topological polar surface area (TPSA) is 105 Å². The number of aromatic carboxylic acids is 1. The van der Waals surface area contributed by atoms with Crippen molar-refractivity contribution in [2.45, 2.75) is 6.92 Å². The predicted molar refractivity (Wildman–Crippen MR) is 66.2 cm³/mol. The Hall–Kier alpha value is -1.80. The lowest BCUT2D eigenvalue weighted by molar-refractivity contribution is 0.0698. The van der Waals surface area contributed by atoms with Crippen molar-refractivity contribution < 1.29 is 23.1 Å². The lowest BCUT2D eigenvalue weighted by Crippen LogP contribution is -2.30. The molecular weight excluding hydrogens is 260 g/mol. The Morgan fingerprint density at radius 1 is 1.44 bits per heavy atom. The fourth-order valence-electron chi connectivity index (χ4n) is 1.29. The van der Waals surface area contributed by atoms with Gasteiger partial charge in [-0.1, -0.05) is 6.92 Å². The van der Waals surface area contributed by atoms with Crippen molar-refractivity contribution in [1.82, 2.24) is 4.72 Å². The van der Waals surface area contributed by atoms with E-state index in [1.807, 2.05) is 0 Å². The SMILES string of the molecule is CCNS(=O)(=O)Nc1cc(OC)ccc1C(=O)O. The molecule has 0 heterocycles. The summed E-state index contributed by atoms with van der Waals surface area (Å²) in [6, 6.07) is 4.01. The van der Waals surface area contributed by atoms with E-state index < -0.39 is 16.2 Å². The molecule has 0 aliphatic carbocycles. The van der Waals surface area contributed by atoms with Gasteiger partial charge in [-0.05, 0) is 12.1 Å². The van der Waals surface area contributed by atoms with Crippen molar-refractivity contribution in [3.63, 3.8) is 0 Å². The van der Waals surface area contributed by atoms with Gasteiger partial charge in [-0.15, -0.1) is 0 Å². The van der Waals surface area contributed by atoms with Gasteiger partial charge in [0.25, 0.3) is 10.2 Å². The third-order valence-corrected chi connectivity index (χ3v) is 3.19. The molecule has 0 aromatic heterocycles. The van der Waals surface area contributed by atoms with Crippen LogP contribution in [0.3, 0.4) is 0 Å². The first-order chi connectivity index (χ1) is 8.39. The molecule has 1 rings (SSSR count). The minimum Gasteiger partial charge on any atom is -0.497 e. The number of rotatable bonds is 6. The molecule has 0 saturated carbocycles. The molecule has 100 valence electrons. The van der Waals surface area contributed by atoms with Crippen molar-refractivity contribution in [3.05, 3.63) is 23.8 Å². The van der Waals surface area contributed by atoms with E-state index in [0.29, 0.717) is 5.75 Å². The second-order valence-corrected chi connectivity index (χ2v) is 4.82. The van der Waals surface area contributed by atoms with Crippen molar-refractivity contribution in [1.29, 1.82) is 0 Å². The van der Waals surface area contributed by atoms with Gasteiger partial charge in [0.05, 0.1) is 18.4 Å². The number of ether oxygens (including phenoxy) is 1. The van der Waals surface area contributed by atoms with E-state index in [0.717, 1.165) is 0 Å². The van der Waals surface area contributed by atoms with E-state index >= 15 is 0 Å². The number of benzene rings is 1. The molecule has 0 radical (unpaired) electrons. The summed E-state index contributed by atoms with van der Waals surface area (Å²) in [5.41, 5.74) is -0.208. The van der Waals surface area contributed by atoms with E-state index in [9.17, 15) is 13.2 Å². The third kappa shape index (κ3) is 3.60. The molecule has 1 aromatic carbocycles. The highest BCUT2D eigenvalue weighted by Gasteiger charge is 2.16. The Labute approximate surface area is 105 Å². The van der Waals surface area contributed by atoms with E-state index in [2.05, 4.69) is 9.44 Å². The quantitative estimate of drug-likeness (QED) is 0.706. The summed E-state index contributed by atoms with van der Waals surface area (Å²) < 4.78 is 32.3. The van der Waals surface area contributed by atoms with E-state index in [1.54, 1.807) is 6.92 Å². The van der Waals surface area contributed by atoms with Crippen LogP contribution in [0.5, 0.6) is 5.75 Å². The minimum absolute atomic E-state index is 0.0530. The van der Waals surface area contributed by atoms with E-state index in [4.69, 9.17) is 9.84 Å². The number of hydrogen-bond acceptors (Lipinski definition) is 4. The van der Waals surface area contributed by atoms with Crippen LogP contribution in [0.4, 0.5) is 5.69 Å². The zero-order valence-corrected chi connectivity index (χ0v) is 10.7. The van der Waals surface area contributed by atoms with Gasteiger partial charge in [0.15, 0.2) is 0 Å². The molecule has 3 N–H and O–H groups in total. The van der Waals surface area contributed by atoms with Gasteiger partial charge in [0.1, 0.15) is 5.75 Å². The monoisotopic (exact) mass is 274 g/mol. The highest BCUT2D eigenvalue weighted by Crippen LogP contribution is 2.23. The van der Waals surface area contributed by atoms with Gasteiger partial charge in [-0.3, -0.25) is 4.72 Å². The third-order valence-electron chi connectivity index (χ3n) is 2.04. The molecule has 8 heteroatoms. The Kier molecular flexibility index (Phi) is 4.51. The number of anilines is 1. The molecule has 0 saturated heterocycles. The summed E-state index contributed by atoms with van der Waals surface area (Å²) in [5, 5.41) is 8.96. The largest absolute Gasteiger partial charge is 0.497 e. The number of carboxylic acids is 1. The van der Waals surface area contributed by atoms with Gasteiger partial charge >= 0.3 is 5.97 Å². The second-order valence-electron chi connectivity index (χ2n) is 3.32. The molecular formula is C10H14N2O5S. The van der Waals surface area contributed by atoms with Gasteiger partial charge in [0, 0.05) is 12.6 Å². The highest BCUT2D eigenvalue weighted by atomic mass is 32.2. The van der Waals surface area contributed by atoms with Crippen LogP contribution in [0.15, 0.2) is 18.2 Å². The molecule has 1 aromatic rings. The first-order valence-corrected chi connectivity index (χ1v) is 6.56. The first-order valence-electron chi connectivity index (χ1n) is 5.08. The zero-order valence-electron chi connectivity index (χ0n) is 9.93. The van der Waals surface area contributed by atoms with E-state index in [1.165, 1.54) is 25.3 Å². The summed E-state index contributed by atoms with van der Waals surface area (Å²) in [6.45, 7) is 1.81. The van der Waals surface area contributed by atoms with Gasteiger partial charge in [0.2, 0.25) is 0 Å².